The van der Waals surface area contributed by atoms with Crippen molar-refractivity contribution in [3.63, 3.8) is 0 Å². The molecule has 0 saturated heterocycles. The minimum atomic E-state index is -0.494. The molecule has 1 atom stereocenters. The fourth-order valence-corrected chi connectivity index (χ4v) is 1.20. The lowest BCUT2D eigenvalue weighted by Gasteiger charge is -2.13. The number of rotatable bonds is 4. The van der Waals surface area contributed by atoms with E-state index in [1.807, 2.05) is 13.8 Å². The largest absolute Gasteiger partial charge is 0.320 e. The van der Waals surface area contributed by atoms with E-state index in [0.29, 0.717) is 18.2 Å². The predicted molar refractivity (Wildman–Crippen MR) is 58.1 cm³/mol. The standard InChI is InChI=1S/C10H16N4O/c1-7(2)5-8(11)10(15)14-9-6-12-3-4-13-9/h3-4,6-8H,5,11H2,1-2H3,(H,13,14,15)/t8-/m1/s1. The van der Waals surface area contributed by atoms with E-state index < -0.39 is 6.04 Å². The van der Waals surface area contributed by atoms with Crippen molar-refractivity contribution in [1.29, 1.82) is 0 Å². The summed E-state index contributed by atoms with van der Waals surface area (Å²) in [6, 6.07) is -0.494. The third-order valence-corrected chi connectivity index (χ3v) is 1.88. The van der Waals surface area contributed by atoms with Crippen molar-refractivity contribution >= 4 is 11.7 Å². The van der Waals surface area contributed by atoms with Crippen LogP contribution < -0.4 is 11.1 Å². The average molecular weight is 208 g/mol. The Balaban J connectivity index is 2.49. The summed E-state index contributed by atoms with van der Waals surface area (Å²) in [5.74, 6) is 0.610. The molecule has 5 nitrogen and oxygen atoms in total. The van der Waals surface area contributed by atoms with Crippen molar-refractivity contribution in [2.24, 2.45) is 11.7 Å². The normalized spacial score (nSPS) is 12.5. The molecule has 1 aromatic heterocycles. The Morgan fingerprint density at radius 2 is 2.27 bits per heavy atom. The Morgan fingerprint density at radius 1 is 1.53 bits per heavy atom. The van der Waals surface area contributed by atoms with Crippen molar-refractivity contribution in [3.8, 4) is 0 Å². The van der Waals surface area contributed by atoms with Crippen molar-refractivity contribution in [2.75, 3.05) is 5.32 Å². The van der Waals surface area contributed by atoms with Crippen LogP contribution >= 0.6 is 0 Å². The monoisotopic (exact) mass is 208 g/mol. The molecule has 3 N–H and O–H groups in total. The van der Waals surface area contributed by atoms with Crippen LogP contribution in [0.4, 0.5) is 5.82 Å². The van der Waals surface area contributed by atoms with E-state index in [1.54, 1.807) is 6.20 Å². The molecule has 0 spiro atoms. The lowest BCUT2D eigenvalue weighted by atomic mass is 10.0. The minimum Gasteiger partial charge on any atom is -0.320 e. The molecular formula is C10H16N4O. The number of hydrogen-bond donors (Lipinski definition) is 2. The van der Waals surface area contributed by atoms with Gasteiger partial charge in [-0.1, -0.05) is 13.8 Å². The van der Waals surface area contributed by atoms with Gasteiger partial charge < -0.3 is 11.1 Å². The van der Waals surface area contributed by atoms with Gasteiger partial charge in [0.1, 0.15) is 0 Å². The van der Waals surface area contributed by atoms with E-state index in [9.17, 15) is 4.79 Å². The van der Waals surface area contributed by atoms with Crippen LogP contribution in [-0.4, -0.2) is 21.9 Å². The molecule has 1 rings (SSSR count). The maximum atomic E-state index is 11.5. The summed E-state index contributed by atoms with van der Waals surface area (Å²) in [7, 11) is 0. The Morgan fingerprint density at radius 3 is 2.80 bits per heavy atom. The Labute approximate surface area is 89.1 Å². The van der Waals surface area contributed by atoms with Gasteiger partial charge in [0, 0.05) is 12.4 Å². The first-order chi connectivity index (χ1) is 7.09. The van der Waals surface area contributed by atoms with Gasteiger partial charge in [0.05, 0.1) is 12.2 Å². The maximum Gasteiger partial charge on any atom is 0.242 e. The van der Waals surface area contributed by atoms with Gasteiger partial charge >= 0.3 is 0 Å². The van der Waals surface area contributed by atoms with Crippen LogP contribution in [-0.2, 0) is 4.79 Å². The van der Waals surface area contributed by atoms with E-state index in [-0.39, 0.29) is 5.91 Å². The number of nitrogens with one attached hydrogen (secondary N) is 1. The molecule has 0 fully saturated rings. The summed E-state index contributed by atoms with van der Waals surface area (Å²) in [5.41, 5.74) is 5.71. The van der Waals surface area contributed by atoms with Crippen LogP contribution in [0.2, 0.25) is 0 Å². The van der Waals surface area contributed by atoms with Crippen LogP contribution in [0.15, 0.2) is 18.6 Å². The highest BCUT2D eigenvalue weighted by atomic mass is 16.2. The van der Waals surface area contributed by atoms with Gasteiger partial charge in [0.2, 0.25) is 5.91 Å². The summed E-state index contributed by atoms with van der Waals surface area (Å²) >= 11 is 0. The van der Waals surface area contributed by atoms with Gasteiger partial charge in [-0.2, -0.15) is 0 Å². The first-order valence-electron chi connectivity index (χ1n) is 4.92. The van der Waals surface area contributed by atoms with Gasteiger partial charge in [-0.3, -0.25) is 9.78 Å². The summed E-state index contributed by atoms with van der Waals surface area (Å²) in [6.45, 7) is 4.05. The van der Waals surface area contributed by atoms with E-state index in [0.717, 1.165) is 0 Å². The van der Waals surface area contributed by atoms with Crippen molar-refractivity contribution < 1.29 is 4.79 Å². The van der Waals surface area contributed by atoms with Crippen molar-refractivity contribution in [1.82, 2.24) is 9.97 Å². The lowest BCUT2D eigenvalue weighted by Crippen LogP contribution is -2.36. The topological polar surface area (TPSA) is 80.9 Å². The Kier molecular flexibility index (Phi) is 4.17. The molecule has 0 aliphatic heterocycles. The number of hydrogen-bond acceptors (Lipinski definition) is 4. The number of nitrogens with two attached hydrogens (primary N) is 1. The first-order valence-corrected chi connectivity index (χ1v) is 4.92. The average Bonchev–Trinajstić information content (AvgIpc) is 2.18. The molecule has 0 unspecified atom stereocenters. The highest BCUT2D eigenvalue weighted by molar-refractivity contribution is 5.93. The summed E-state index contributed by atoms with van der Waals surface area (Å²) in [4.78, 5) is 19.3. The number of carbonyl (C=O) groups excluding carboxylic acids is 1. The van der Waals surface area contributed by atoms with Crippen molar-refractivity contribution in [3.05, 3.63) is 18.6 Å². The number of aromatic nitrogens is 2. The molecule has 0 aliphatic carbocycles. The highest BCUT2D eigenvalue weighted by Crippen LogP contribution is 2.05. The molecule has 1 amide bonds. The van der Waals surface area contributed by atoms with E-state index >= 15 is 0 Å². The molecule has 1 aromatic rings. The second-order valence-electron chi connectivity index (χ2n) is 3.82. The summed E-state index contributed by atoms with van der Waals surface area (Å²) in [5, 5.41) is 2.61. The molecule has 0 aromatic carbocycles. The lowest BCUT2D eigenvalue weighted by molar-refractivity contribution is -0.117. The highest BCUT2D eigenvalue weighted by Gasteiger charge is 2.15. The number of carbonyl (C=O) groups is 1. The molecule has 0 aliphatic rings. The van der Waals surface area contributed by atoms with E-state index in [4.69, 9.17) is 5.73 Å². The summed E-state index contributed by atoms with van der Waals surface area (Å²) < 4.78 is 0. The Bertz CT molecular complexity index is 312. The van der Waals surface area contributed by atoms with Crippen LogP contribution in [0.3, 0.4) is 0 Å². The van der Waals surface area contributed by atoms with Crippen molar-refractivity contribution in [2.45, 2.75) is 26.3 Å². The number of nitrogens with zero attached hydrogens (tertiary/aromatic N) is 2. The van der Waals surface area contributed by atoms with Crippen LogP contribution in [0.1, 0.15) is 20.3 Å². The van der Waals surface area contributed by atoms with Gasteiger partial charge in [0.15, 0.2) is 5.82 Å². The minimum absolute atomic E-state index is 0.218. The SMILES string of the molecule is CC(C)C[C@@H](N)C(=O)Nc1cnccn1. The smallest absolute Gasteiger partial charge is 0.242 e. The molecule has 5 heteroatoms. The van der Waals surface area contributed by atoms with Gasteiger partial charge in [-0.05, 0) is 12.3 Å². The van der Waals surface area contributed by atoms with Gasteiger partial charge in [-0.25, -0.2) is 4.98 Å². The second-order valence-corrected chi connectivity index (χ2v) is 3.82. The zero-order chi connectivity index (χ0) is 11.3. The Hall–Kier alpha value is -1.49. The zero-order valence-electron chi connectivity index (χ0n) is 8.97. The van der Waals surface area contributed by atoms with E-state index in [2.05, 4.69) is 15.3 Å². The van der Waals surface area contributed by atoms with Crippen LogP contribution in [0, 0.1) is 5.92 Å². The second kappa shape index (κ2) is 5.41. The number of amides is 1. The quantitative estimate of drug-likeness (QED) is 0.766. The zero-order valence-corrected chi connectivity index (χ0v) is 8.97. The molecule has 0 radical (unpaired) electrons. The fourth-order valence-electron chi connectivity index (χ4n) is 1.20. The fraction of sp³-hybridized carbons (Fsp3) is 0.500. The third kappa shape index (κ3) is 4.03. The molecule has 1 heterocycles. The molecule has 82 valence electrons. The summed E-state index contributed by atoms with van der Waals surface area (Å²) in [6.07, 6.45) is 5.21. The van der Waals surface area contributed by atoms with Gasteiger partial charge in [-0.15, -0.1) is 0 Å². The van der Waals surface area contributed by atoms with Crippen LogP contribution in [0.25, 0.3) is 0 Å². The predicted octanol–water partition coefficient (Wildman–Crippen LogP) is 0.788. The molecule has 0 saturated carbocycles. The molecule has 15 heavy (non-hydrogen) atoms. The molecular weight excluding hydrogens is 192 g/mol. The maximum absolute atomic E-state index is 11.5. The van der Waals surface area contributed by atoms with Gasteiger partial charge in [0.25, 0.3) is 0 Å². The van der Waals surface area contributed by atoms with Crippen LogP contribution in [0.5, 0.6) is 0 Å². The van der Waals surface area contributed by atoms with E-state index in [1.165, 1.54) is 12.4 Å². The molecule has 0 bridgehead atoms. The third-order valence-electron chi connectivity index (χ3n) is 1.88. The first kappa shape index (κ1) is 11.6. The number of anilines is 1.